The lowest BCUT2D eigenvalue weighted by atomic mass is 10.0. The number of unbranched alkanes of at least 4 members (excludes halogenated alkanes) is 21. The van der Waals surface area contributed by atoms with Gasteiger partial charge in [0.1, 0.15) is 0 Å². The second kappa shape index (κ2) is 29.7. The summed E-state index contributed by atoms with van der Waals surface area (Å²) in [7, 11) is 0. The summed E-state index contributed by atoms with van der Waals surface area (Å²) in [6.07, 6.45) is 33.0. The number of carbonyl (C=O) groups is 1. The molecule has 210 valence electrons. The summed E-state index contributed by atoms with van der Waals surface area (Å²) in [5, 5.41) is 10.2. The van der Waals surface area contributed by atoms with E-state index >= 15 is 0 Å². The lowest BCUT2D eigenvalue weighted by Crippen LogP contribution is -2.07. The van der Waals surface area contributed by atoms with Gasteiger partial charge in [0.2, 0.25) is 0 Å². The van der Waals surface area contributed by atoms with Gasteiger partial charge in [-0.2, -0.15) is 0 Å². The smallest absolute Gasteiger partial charge is 0.305 e. The second-order valence-electron chi connectivity index (χ2n) is 11.0. The Morgan fingerprint density at radius 3 is 1.29 bits per heavy atom. The average molecular weight is 497 g/mol. The zero-order valence-electron chi connectivity index (χ0n) is 24.1. The zero-order valence-corrected chi connectivity index (χ0v) is 24.1. The predicted molar refractivity (Wildman–Crippen MR) is 153 cm³/mol. The van der Waals surface area contributed by atoms with Crippen LogP contribution in [0.5, 0.6) is 0 Å². The Morgan fingerprint density at radius 2 is 0.857 bits per heavy atom. The van der Waals surface area contributed by atoms with Crippen LogP contribution in [0.25, 0.3) is 0 Å². The quantitative estimate of drug-likeness (QED) is 0.0827. The highest BCUT2D eigenvalue weighted by Crippen LogP contribution is 2.15. The fraction of sp³-hybridized carbons (Fsp3) is 0.969. The summed E-state index contributed by atoms with van der Waals surface area (Å²) < 4.78 is 5.39. The average Bonchev–Trinajstić information content (AvgIpc) is 2.85. The van der Waals surface area contributed by atoms with E-state index in [0.29, 0.717) is 13.0 Å². The number of aliphatic hydroxyl groups is 1. The van der Waals surface area contributed by atoms with E-state index in [1.807, 2.05) is 0 Å². The van der Waals surface area contributed by atoms with Gasteiger partial charge in [0.05, 0.1) is 12.7 Å². The Bertz CT molecular complexity index is 410. The van der Waals surface area contributed by atoms with Gasteiger partial charge in [0.15, 0.2) is 0 Å². The molecule has 0 heterocycles. The first-order chi connectivity index (χ1) is 17.2. The van der Waals surface area contributed by atoms with Gasteiger partial charge >= 0.3 is 5.97 Å². The monoisotopic (exact) mass is 496 g/mol. The summed E-state index contributed by atoms with van der Waals surface area (Å²) in [6.45, 7) is 5.10. The lowest BCUT2D eigenvalue weighted by Gasteiger charge is -2.10. The maximum atomic E-state index is 11.9. The van der Waals surface area contributed by atoms with Gasteiger partial charge < -0.3 is 9.84 Å². The molecule has 35 heavy (non-hydrogen) atoms. The van der Waals surface area contributed by atoms with Gasteiger partial charge in [0, 0.05) is 6.42 Å². The van der Waals surface area contributed by atoms with E-state index in [9.17, 15) is 9.90 Å². The molecule has 0 fully saturated rings. The van der Waals surface area contributed by atoms with Gasteiger partial charge in [0.25, 0.3) is 0 Å². The van der Waals surface area contributed by atoms with Crippen LogP contribution in [0.4, 0.5) is 0 Å². The molecule has 1 atom stereocenters. The van der Waals surface area contributed by atoms with Crippen molar-refractivity contribution in [1.29, 1.82) is 0 Å². The number of rotatable bonds is 29. The fourth-order valence-corrected chi connectivity index (χ4v) is 4.86. The number of hydrogen-bond donors (Lipinski definition) is 1. The molecule has 0 aliphatic carbocycles. The highest BCUT2D eigenvalue weighted by atomic mass is 16.5. The van der Waals surface area contributed by atoms with Crippen molar-refractivity contribution in [2.75, 3.05) is 6.61 Å². The summed E-state index contributed by atoms with van der Waals surface area (Å²) >= 11 is 0. The highest BCUT2D eigenvalue weighted by molar-refractivity contribution is 5.69. The summed E-state index contributed by atoms with van der Waals surface area (Å²) in [5.74, 6) is -0.0164. The van der Waals surface area contributed by atoms with Crippen LogP contribution in [0.15, 0.2) is 0 Å². The maximum Gasteiger partial charge on any atom is 0.305 e. The standard InChI is InChI=1S/C32H64O3/c1-3-5-7-9-11-13-14-16-18-20-25-29-32(34)35-30-26-22-21-24-28-31(33)27-23-19-17-15-12-10-8-6-4-2/h31,33H,3-30H2,1-2H3. The van der Waals surface area contributed by atoms with E-state index in [2.05, 4.69) is 13.8 Å². The first-order valence-electron chi connectivity index (χ1n) is 16.0. The molecule has 0 aliphatic heterocycles. The van der Waals surface area contributed by atoms with E-state index < -0.39 is 0 Å². The van der Waals surface area contributed by atoms with Crippen molar-refractivity contribution in [2.45, 2.75) is 193 Å². The van der Waals surface area contributed by atoms with E-state index in [1.54, 1.807) is 0 Å². The Hall–Kier alpha value is -0.570. The van der Waals surface area contributed by atoms with Crippen molar-refractivity contribution in [3.63, 3.8) is 0 Å². The molecule has 0 saturated carbocycles. The Labute approximate surface area is 220 Å². The number of carbonyl (C=O) groups excluding carboxylic acids is 1. The lowest BCUT2D eigenvalue weighted by molar-refractivity contribution is -0.143. The Kier molecular flexibility index (Phi) is 29.2. The molecular weight excluding hydrogens is 432 g/mol. The maximum absolute atomic E-state index is 11.9. The molecule has 0 saturated heterocycles. The largest absolute Gasteiger partial charge is 0.466 e. The van der Waals surface area contributed by atoms with Crippen molar-refractivity contribution in [2.24, 2.45) is 0 Å². The molecule has 1 N–H and O–H groups in total. The van der Waals surface area contributed by atoms with E-state index in [0.717, 1.165) is 51.4 Å². The molecule has 0 aromatic rings. The van der Waals surface area contributed by atoms with Crippen molar-refractivity contribution in [3.8, 4) is 0 Å². The molecule has 0 bridgehead atoms. The summed E-state index contributed by atoms with van der Waals surface area (Å²) in [5.41, 5.74) is 0. The van der Waals surface area contributed by atoms with Crippen molar-refractivity contribution < 1.29 is 14.6 Å². The van der Waals surface area contributed by atoms with Gasteiger partial charge in [-0.3, -0.25) is 4.79 Å². The summed E-state index contributed by atoms with van der Waals surface area (Å²) in [4.78, 5) is 11.9. The van der Waals surface area contributed by atoms with E-state index in [-0.39, 0.29) is 12.1 Å². The van der Waals surface area contributed by atoms with Crippen LogP contribution in [-0.2, 0) is 9.53 Å². The minimum absolute atomic E-state index is 0.0164. The molecule has 0 aromatic carbocycles. The minimum atomic E-state index is -0.122. The van der Waals surface area contributed by atoms with Crippen LogP contribution in [0.1, 0.15) is 187 Å². The normalized spacial score (nSPS) is 12.2. The third kappa shape index (κ3) is 29.5. The molecule has 1 unspecified atom stereocenters. The Morgan fingerprint density at radius 1 is 0.514 bits per heavy atom. The van der Waals surface area contributed by atoms with Crippen LogP contribution in [0, 0.1) is 0 Å². The van der Waals surface area contributed by atoms with Crippen LogP contribution in [0.2, 0.25) is 0 Å². The third-order valence-corrected chi connectivity index (χ3v) is 7.32. The summed E-state index contributed by atoms with van der Waals surface area (Å²) in [6, 6.07) is 0. The van der Waals surface area contributed by atoms with E-state index in [4.69, 9.17) is 4.74 Å². The molecule has 0 spiro atoms. The molecule has 0 rings (SSSR count). The third-order valence-electron chi connectivity index (χ3n) is 7.32. The van der Waals surface area contributed by atoms with Crippen molar-refractivity contribution in [3.05, 3.63) is 0 Å². The zero-order chi connectivity index (χ0) is 25.7. The first-order valence-corrected chi connectivity index (χ1v) is 16.0. The molecule has 0 radical (unpaired) electrons. The number of aliphatic hydroxyl groups excluding tert-OH is 1. The predicted octanol–water partition coefficient (Wildman–Crippen LogP) is 10.5. The van der Waals surface area contributed by atoms with Crippen molar-refractivity contribution in [1.82, 2.24) is 0 Å². The molecular formula is C32H64O3. The molecule has 0 aliphatic rings. The molecule has 0 amide bonds. The Balaban J connectivity index is 3.25. The van der Waals surface area contributed by atoms with Crippen molar-refractivity contribution >= 4 is 5.97 Å². The number of ether oxygens (including phenoxy) is 1. The number of hydrogen-bond acceptors (Lipinski definition) is 3. The van der Waals surface area contributed by atoms with Crippen LogP contribution < -0.4 is 0 Å². The fourth-order valence-electron chi connectivity index (χ4n) is 4.86. The van der Waals surface area contributed by atoms with Gasteiger partial charge in [-0.1, -0.05) is 155 Å². The second-order valence-corrected chi connectivity index (χ2v) is 11.0. The minimum Gasteiger partial charge on any atom is -0.466 e. The van der Waals surface area contributed by atoms with Gasteiger partial charge in [-0.15, -0.1) is 0 Å². The molecule has 3 heteroatoms. The van der Waals surface area contributed by atoms with Crippen LogP contribution in [0.3, 0.4) is 0 Å². The number of esters is 1. The molecule has 3 nitrogen and oxygen atoms in total. The van der Waals surface area contributed by atoms with Gasteiger partial charge in [-0.05, 0) is 25.7 Å². The topological polar surface area (TPSA) is 46.5 Å². The van der Waals surface area contributed by atoms with Crippen LogP contribution in [-0.4, -0.2) is 23.8 Å². The highest BCUT2D eigenvalue weighted by Gasteiger charge is 2.05. The van der Waals surface area contributed by atoms with Gasteiger partial charge in [-0.25, -0.2) is 0 Å². The first kappa shape index (κ1) is 34.4. The SMILES string of the molecule is CCCCCCCCCCCCCC(=O)OCCCCCCC(O)CCCCCCCCCCC. The molecule has 0 aromatic heterocycles. The van der Waals surface area contributed by atoms with Crippen LogP contribution >= 0.6 is 0 Å². The van der Waals surface area contributed by atoms with E-state index in [1.165, 1.54) is 116 Å².